The number of amides is 1. The summed E-state index contributed by atoms with van der Waals surface area (Å²) in [5, 5.41) is 4.79. The highest BCUT2D eigenvalue weighted by Gasteiger charge is 2.43. The average Bonchev–Trinajstić information content (AvgIpc) is 2.85. The zero-order chi connectivity index (χ0) is 10.9. The molecule has 1 amide bonds. The van der Waals surface area contributed by atoms with E-state index in [1.807, 2.05) is 5.38 Å². The van der Waals surface area contributed by atoms with Crippen LogP contribution >= 0.6 is 22.9 Å². The Hall–Kier alpha value is -0.740. The van der Waals surface area contributed by atoms with Crippen LogP contribution in [0.25, 0.3) is 0 Å². The Labute approximate surface area is 97.4 Å². The van der Waals surface area contributed by atoms with Crippen molar-refractivity contribution in [2.24, 2.45) is 0 Å². The Morgan fingerprint density at radius 2 is 2.47 bits per heavy atom. The average molecular weight is 246 g/mol. The molecule has 1 N–H and O–H groups in total. The van der Waals surface area contributed by atoms with Crippen molar-refractivity contribution in [3.63, 3.8) is 0 Å². The standard InChI is InChI=1S/C10H12ClNO2S/c1-14-7-2-5-15-8(7)9(13)12-10(6-11)3-4-10/h2,5H,3-4,6H2,1H3,(H,12,13). The summed E-state index contributed by atoms with van der Waals surface area (Å²) in [6.07, 6.45) is 1.94. The second-order valence-electron chi connectivity index (χ2n) is 3.69. The zero-order valence-corrected chi connectivity index (χ0v) is 9.95. The van der Waals surface area contributed by atoms with Gasteiger partial charge in [-0.3, -0.25) is 4.79 Å². The number of thiophene rings is 1. The molecule has 0 bridgehead atoms. The molecule has 2 rings (SSSR count). The van der Waals surface area contributed by atoms with Crippen LogP contribution in [0.15, 0.2) is 11.4 Å². The Kier molecular flexibility index (Phi) is 2.89. The summed E-state index contributed by atoms with van der Waals surface area (Å²) in [4.78, 5) is 12.5. The first-order chi connectivity index (χ1) is 7.21. The number of alkyl halides is 1. The monoisotopic (exact) mass is 245 g/mol. The molecule has 1 aliphatic carbocycles. The first kappa shape index (κ1) is 10.8. The molecule has 1 aliphatic rings. The van der Waals surface area contributed by atoms with E-state index < -0.39 is 0 Å². The number of carbonyl (C=O) groups excluding carboxylic acids is 1. The molecule has 0 unspecified atom stereocenters. The summed E-state index contributed by atoms with van der Waals surface area (Å²) in [5.41, 5.74) is -0.159. The van der Waals surface area contributed by atoms with Crippen LogP contribution in [0.3, 0.4) is 0 Å². The minimum atomic E-state index is -0.159. The number of rotatable bonds is 4. The molecule has 3 nitrogen and oxygen atoms in total. The normalized spacial score (nSPS) is 17.2. The number of ether oxygens (including phenoxy) is 1. The highest BCUT2D eigenvalue weighted by atomic mass is 35.5. The molecule has 15 heavy (non-hydrogen) atoms. The van der Waals surface area contributed by atoms with E-state index in [1.165, 1.54) is 11.3 Å². The largest absolute Gasteiger partial charge is 0.495 e. The number of nitrogens with one attached hydrogen (secondary N) is 1. The maximum absolute atomic E-state index is 11.9. The van der Waals surface area contributed by atoms with Crippen LogP contribution in [-0.2, 0) is 0 Å². The minimum absolute atomic E-state index is 0.0833. The predicted molar refractivity (Wildman–Crippen MR) is 61.0 cm³/mol. The van der Waals surface area contributed by atoms with Gasteiger partial charge in [0.25, 0.3) is 5.91 Å². The lowest BCUT2D eigenvalue weighted by Crippen LogP contribution is -2.37. The molecule has 1 heterocycles. The Bertz CT molecular complexity index is 373. The van der Waals surface area contributed by atoms with Gasteiger partial charge < -0.3 is 10.1 Å². The van der Waals surface area contributed by atoms with Crippen LogP contribution in [0.1, 0.15) is 22.5 Å². The summed E-state index contributed by atoms with van der Waals surface area (Å²) in [7, 11) is 1.56. The fraction of sp³-hybridized carbons (Fsp3) is 0.500. The second kappa shape index (κ2) is 4.02. The minimum Gasteiger partial charge on any atom is -0.495 e. The molecule has 1 fully saturated rings. The molecule has 0 atom stereocenters. The SMILES string of the molecule is COc1ccsc1C(=O)NC1(CCl)CC1. The third-order valence-corrected chi connectivity index (χ3v) is 3.95. The molecular formula is C10H12ClNO2S. The van der Waals surface area contributed by atoms with E-state index in [1.54, 1.807) is 13.2 Å². The maximum atomic E-state index is 11.9. The third-order valence-electron chi connectivity index (χ3n) is 2.54. The van der Waals surface area contributed by atoms with Gasteiger partial charge in [-0.2, -0.15) is 0 Å². The van der Waals surface area contributed by atoms with Gasteiger partial charge in [-0.25, -0.2) is 0 Å². The van der Waals surface area contributed by atoms with Crippen LogP contribution in [0, 0.1) is 0 Å². The fourth-order valence-corrected chi connectivity index (χ4v) is 2.45. The van der Waals surface area contributed by atoms with Gasteiger partial charge in [0.2, 0.25) is 0 Å². The fourth-order valence-electron chi connectivity index (χ4n) is 1.36. The molecule has 1 saturated carbocycles. The molecule has 0 aromatic carbocycles. The number of hydrogen-bond donors (Lipinski definition) is 1. The van der Waals surface area contributed by atoms with Gasteiger partial charge >= 0.3 is 0 Å². The molecule has 82 valence electrons. The van der Waals surface area contributed by atoms with Gasteiger partial charge in [-0.1, -0.05) is 0 Å². The van der Waals surface area contributed by atoms with Crippen molar-refractivity contribution in [1.29, 1.82) is 0 Å². The van der Waals surface area contributed by atoms with Gasteiger partial charge in [0, 0.05) is 5.88 Å². The van der Waals surface area contributed by atoms with Crippen LogP contribution in [0.4, 0.5) is 0 Å². The van der Waals surface area contributed by atoms with Crippen LogP contribution in [0.2, 0.25) is 0 Å². The number of methoxy groups -OCH3 is 1. The van der Waals surface area contributed by atoms with Crippen molar-refractivity contribution in [2.75, 3.05) is 13.0 Å². The Balaban J connectivity index is 2.08. The summed E-state index contributed by atoms with van der Waals surface area (Å²) >= 11 is 7.17. The van der Waals surface area contributed by atoms with Crippen molar-refractivity contribution in [2.45, 2.75) is 18.4 Å². The molecule has 0 spiro atoms. The topological polar surface area (TPSA) is 38.3 Å². The maximum Gasteiger partial charge on any atom is 0.265 e. The lowest BCUT2D eigenvalue weighted by Gasteiger charge is -2.13. The van der Waals surface area contributed by atoms with Crippen molar-refractivity contribution < 1.29 is 9.53 Å². The van der Waals surface area contributed by atoms with E-state index in [0.717, 1.165) is 12.8 Å². The van der Waals surface area contributed by atoms with Gasteiger partial charge in [0.05, 0.1) is 12.6 Å². The highest BCUT2D eigenvalue weighted by molar-refractivity contribution is 7.12. The number of hydrogen-bond acceptors (Lipinski definition) is 3. The van der Waals surface area contributed by atoms with E-state index in [9.17, 15) is 4.79 Å². The third kappa shape index (κ3) is 2.11. The molecule has 1 aromatic rings. The Morgan fingerprint density at radius 3 is 3.00 bits per heavy atom. The van der Waals surface area contributed by atoms with E-state index in [4.69, 9.17) is 16.3 Å². The smallest absolute Gasteiger partial charge is 0.265 e. The highest BCUT2D eigenvalue weighted by Crippen LogP contribution is 2.37. The van der Waals surface area contributed by atoms with Gasteiger partial charge in [-0.15, -0.1) is 22.9 Å². The van der Waals surface area contributed by atoms with Crippen LogP contribution in [-0.4, -0.2) is 24.4 Å². The second-order valence-corrected chi connectivity index (χ2v) is 4.87. The lowest BCUT2D eigenvalue weighted by molar-refractivity contribution is 0.0937. The summed E-state index contributed by atoms with van der Waals surface area (Å²) < 4.78 is 5.09. The predicted octanol–water partition coefficient (Wildman–Crippen LogP) is 2.26. The van der Waals surface area contributed by atoms with Crippen LogP contribution in [0.5, 0.6) is 5.75 Å². The molecular weight excluding hydrogens is 234 g/mol. The van der Waals surface area contributed by atoms with Gasteiger partial charge in [0.15, 0.2) is 0 Å². The zero-order valence-electron chi connectivity index (χ0n) is 8.38. The molecule has 0 radical (unpaired) electrons. The van der Waals surface area contributed by atoms with E-state index in [-0.39, 0.29) is 11.4 Å². The van der Waals surface area contributed by atoms with Crippen molar-refractivity contribution in [1.82, 2.24) is 5.32 Å². The van der Waals surface area contributed by atoms with Crippen LogP contribution < -0.4 is 10.1 Å². The summed E-state index contributed by atoms with van der Waals surface area (Å²) in [6.45, 7) is 0. The molecule has 1 aromatic heterocycles. The van der Waals surface area contributed by atoms with Crippen molar-refractivity contribution in [3.05, 3.63) is 16.3 Å². The van der Waals surface area contributed by atoms with Gasteiger partial charge in [0.1, 0.15) is 10.6 Å². The van der Waals surface area contributed by atoms with Crippen molar-refractivity contribution in [3.8, 4) is 5.75 Å². The number of halogens is 1. The van der Waals surface area contributed by atoms with E-state index >= 15 is 0 Å². The lowest BCUT2D eigenvalue weighted by atomic mass is 10.3. The Morgan fingerprint density at radius 1 is 1.73 bits per heavy atom. The first-order valence-electron chi connectivity index (χ1n) is 4.71. The molecule has 0 saturated heterocycles. The first-order valence-corrected chi connectivity index (χ1v) is 6.12. The summed E-state index contributed by atoms with van der Waals surface area (Å²) in [6, 6.07) is 1.79. The molecule has 5 heteroatoms. The van der Waals surface area contributed by atoms with E-state index in [2.05, 4.69) is 5.32 Å². The van der Waals surface area contributed by atoms with Gasteiger partial charge in [-0.05, 0) is 24.3 Å². The molecule has 0 aliphatic heterocycles. The quantitative estimate of drug-likeness (QED) is 0.827. The summed E-state index contributed by atoms with van der Waals surface area (Å²) in [5.74, 6) is 1.02. The number of carbonyl (C=O) groups is 1. The van der Waals surface area contributed by atoms with E-state index in [0.29, 0.717) is 16.5 Å². The van der Waals surface area contributed by atoms with Crippen molar-refractivity contribution >= 4 is 28.8 Å².